The first-order chi connectivity index (χ1) is 11.0. The second-order valence-corrected chi connectivity index (χ2v) is 5.12. The van der Waals surface area contributed by atoms with Crippen LogP contribution in [0.25, 0.3) is 0 Å². The lowest BCUT2D eigenvalue weighted by molar-refractivity contribution is -0.118. The van der Waals surface area contributed by atoms with Crippen LogP contribution in [0.15, 0.2) is 42.5 Å². The molecule has 23 heavy (non-hydrogen) atoms. The van der Waals surface area contributed by atoms with Crippen LogP contribution in [0.3, 0.4) is 0 Å². The van der Waals surface area contributed by atoms with Gasteiger partial charge in [0, 0.05) is 5.69 Å². The lowest BCUT2D eigenvalue weighted by Gasteiger charge is -2.12. The maximum Gasteiger partial charge on any atom is 0.338 e. The standard InChI is InChI=1S/C18H19NO4/c1-12-6-4-7-14(10-12)23-11-17(20)19-16-9-5-8-15(13(16)2)18(21)22-3/h4-10H,11H2,1-3H3,(H,19,20). The highest BCUT2D eigenvalue weighted by molar-refractivity contribution is 5.97. The first-order valence-electron chi connectivity index (χ1n) is 7.18. The number of nitrogens with one attached hydrogen (secondary N) is 1. The average Bonchev–Trinajstić information content (AvgIpc) is 2.54. The van der Waals surface area contributed by atoms with Crippen molar-refractivity contribution in [1.29, 1.82) is 0 Å². The Bertz CT molecular complexity index is 725. The Hall–Kier alpha value is -2.82. The molecule has 1 amide bonds. The molecule has 5 heteroatoms. The molecule has 0 aliphatic heterocycles. The number of carbonyl (C=O) groups excluding carboxylic acids is 2. The molecule has 1 N–H and O–H groups in total. The summed E-state index contributed by atoms with van der Waals surface area (Å²) in [4.78, 5) is 23.7. The van der Waals surface area contributed by atoms with Gasteiger partial charge in [-0.25, -0.2) is 4.79 Å². The van der Waals surface area contributed by atoms with Gasteiger partial charge in [0.25, 0.3) is 5.91 Å². The van der Waals surface area contributed by atoms with Crippen LogP contribution in [0.4, 0.5) is 5.69 Å². The van der Waals surface area contributed by atoms with Crippen molar-refractivity contribution in [3.05, 3.63) is 59.2 Å². The maximum absolute atomic E-state index is 12.0. The highest BCUT2D eigenvalue weighted by Gasteiger charge is 2.13. The summed E-state index contributed by atoms with van der Waals surface area (Å²) in [6.07, 6.45) is 0. The number of carbonyl (C=O) groups is 2. The van der Waals surface area contributed by atoms with Crippen LogP contribution < -0.4 is 10.1 Å². The van der Waals surface area contributed by atoms with Gasteiger partial charge in [0.15, 0.2) is 6.61 Å². The fourth-order valence-electron chi connectivity index (χ4n) is 2.14. The molecule has 2 aromatic rings. The molecular formula is C18H19NO4. The van der Waals surface area contributed by atoms with Crippen LogP contribution in [0, 0.1) is 13.8 Å². The zero-order valence-electron chi connectivity index (χ0n) is 13.4. The van der Waals surface area contributed by atoms with Gasteiger partial charge in [0.1, 0.15) is 5.75 Å². The number of amides is 1. The summed E-state index contributed by atoms with van der Waals surface area (Å²) in [5.74, 6) is -0.0913. The van der Waals surface area contributed by atoms with Crippen molar-refractivity contribution in [1.82, 2.24) is 0 Å². The van der Waals surface area contributed by atoms with Crippen molar-refractivity contribution in [3.63, 3.8) is 0 Å². The molecule has 0 unspecified atom stereocenters. The van der Waals surface area contributed by atoms with Crippen LogP contribution >= 0.6 is 0 Å². The molecule has 0 heterocycles. The summed E-state index contributed by atoms with van der Waals surface area (Å²) in [5, 5.41) is 2.74. The molecule has 120 valence electrons. The summed E-state index contributed by atoms with van der Waals surface area (Å²) in [6, 6.07) is 12.5. The van der Waals surface area contributed by atoms with E-state index in [1.165, 1.54) is 7.11 Å². The summed E-state index contributed by atoms with van der Waals surface area (Å²) in [6.45, 7) is 3.60. The number of anilines is 1. The number of rotatable bonds is 5. The monoisotopic (exact) mass is 313 g/mol. The largest absolute Gasteiger partial charge is 0.484 e. The molecule has 0 atom stereocenters. The Balaban J connectivity index is 2.02. The van der Waals surface area contributed by atoms with E-state index >= 15 is 0 Å². The van der Waals surface area contributed by atoms with Crippen molar-refractivity contribution >= 4 is 17.6 Å². The number of methoxy groups -OCH3 is 1. The number of hydrogen-bond donors (Lipinski definition) is 1. The van der Waals surface area contributed by atoms with E-state index in [1.54, 1.807) is 31.2 Å². The Labute approximate surface area is 135 Å². The number of benzene rings is 2. The third kappa shape index (κ3) is 4.32. The molecule has 0 aromatic heterocycles. The van der Waals surface area contributed by atoms with Crippen molar-refractivity contribution in [2.45, 2.75) is 13.8 Å². The number of aryl methyl sites for hydroxylation is 1. The molecule has 0 spiro atoms. The Kier molecular flexibility index (Phi) is 5.36. The quantitative estimate of drug-likeness (QED) is 0.861. The molecule has 0 fully saturated rings. The second-order valence-electron chi connectivity index (χ2n) is 5.12. The van der Waals surface area contributed by atoms with Crippen molar-refractivity contribution < 1.29 is 19.1 Å². The molecule has 0 radical (unpaired) electrons. The predicted octanol–water partition coefficient (Wildman–Crippen LogP) is 3.11. The van der Waals surface area contributed by atoms with Crippen molar-refractivity contribution in [3.8, 4) is 5.75 Å². The average molecular weight is 313 g/mol. The smallest absolute Gasteiger partial charge is 0.338 e. The van der Waals surface area contributed by atoms with Crippen LogP contribution in [-0.4, -0.2) is 25.6 Å². The molecule has 0 saturated carbocycles. The molecule has 0 aliphatic carbocycles. The Morgan fingerprint density at radius 2 is 1.83 bits per heavy atom. The van der Waals surface area contributed by atoms with E-state index in [-0.39, 0.29) is 12.5 Å². The number of esters is 1. The van der Waals surface area contributed by atoms with Crippen LogP contribution in [0.1, 0.15) is 21.5 Å². The van der Waals surface area contributed by atoms with Gasteiger partial charge in [-0.3, -0.25) is 4.79 Å². The van der Waals surface area contributed by atoms with Gasteiger partial charge < -0.3 is 14.8 Å². The van der Waals surface area contributed by atoms with E-state index < -0.39 is 5.97 Å². The lowest BCUT2D eigenvalue weighted by atomic mass is 10.1. The van der Waals surface area contributed by atoms with Gasteiger partial charge in [0.05, 0.1) is 12.7 Å². The lowest BCUT2D eigenvalue weighted by Crippen LogP contribution is -2.21. The fraction of sp³-hybridized carbons (Fsp3) is 0.222. The van der Waals surface area contributed by atoms with Gasteiger partial charge in [0.2, 0.25) is 0 Å². The van der Waals surface area contributed by atoms with E-state index in [9.17, 15) is 9.59 Å². The maximum atomic E-state index is 12.0. The first-order valence-corrected chi connectivity index (χ1v) is 7.18. The van der Waals surface area contributed by atoms with E-state index in [4.69, 9.17) is 9.47 Å². The van der Waals surface area contributed by atoms with Gasteiger partial charge >= 0.3 is 5.97 Å². The predicted molar refractivity (Wildman–Crippen MR) is 87.8 cm³/mol. The highest BCUT2D eigenvalue weighted by Crippen LogP contribution is 2.20. The summed E-state index contributed by atoms with van der Waals surface area (Å²) in [7, 11) is 1.32. The molecule has 0 saturated heterocycles. The van der Waals surface area contributed by atoms with Gasteiger partial charge in [-0.15, -0.1) is 0 Å². The van der Waals surface area contributed by atoms with Gasteiger partial charge in [-0.1, -0.05) is 18.2 Å². The third-order valence-corrected chi connectivity index (χ3v) is 3.37. The fourth-order valence-corrected chi connectivity index (χ4v) is 2.14. The summed E-state index contributed by atoms with van der Waals surface area (Å²) < 4.78 is 10.2. The SMILES string of the molecule is COC(=O)c1cccc(NC(=O)COc2cccc(C)c2)c1C. The first kappa shape index (κ1) is 16.5. The zero-order chi connectivity index (χ0) is 16.8. The highest BCUT2D eigenvalue weighted by atomic mass is 16.5. The Morgan fingerprint density at radius 1 is 1.09 bits per heavy atom. The number of ether oxygens (including phenoxy) is 2. The molecule has 0 aliphatic rings. The van der Waals surface area contributed by atoms with E-state index in [2.05, 4.69) is 5.32 Å². The Morgan fingerprint density at radius 3 is 2.52 bits per heavy atom. The third-order valence-electron chi connectivity index (χ3n) is 3.37. The van der Waals surface area contributed by atoms with E-state index in [0.29, 0.717) is 22.6 Å². The van der Waals surface area contributed by atoms with Crippen LogP contribution in [0.5, 0.6) is 5.75 Å². The minimum absolute atomic E-state index is 0.106. The van der Waals surface area contributed by atoms with Gasteiger partial charge in [-0.05, 0) is 49.2 Å². The second kappa shape index (κ2) is 7.45. The number of hydrogen-bond acceptors (Lipinski definition) is 4. The van der Waals surface area contributed by atoms with Crippen LogP contribution in [-0.2, 0) is 9.53 Å². The summed E-state index contributed by atoms with van der Waals surface area (Å²) in [5.41, 5.74) is 2.70. The van der Waals surface area contributed by atoms with E-state index in [0.717, 1.165) is 5.56 Å². The minimum Gasteiger partial charge on any atom is -0.484 e. The molecular weight excluding hydrogens is 294 g/mol. The molecule has 0 bridgehead atoms. The molecule has 2 rings (SSSR count). The minimum atomic E-state index is -0.436. The van der Waals surface area contributed by atoms with Crippen LogP contribution in [0.2, 0.25) is 0 Å². The topological polar surface area (TPSA) is 64.6 Å². The van der Waals surface area contributed by atoms with Crippen molar-refractivity contribution in [2.75, 3.05) is 19.0 Å². The van der Waals surface area contributed by atoms with Gasteiger partial charge in [-0.2, -0.15) is 0 Å². The molecule has 5 nitrogen and oxygen atoms in total. The van der Waals surface area contributed by atoms with Crippen molar-refractivity contribution in [2.24, 2.45) is 0 Å². The summed E-state index contributed by atoms with van der Waals surface area (Å²) >= 11 is 0. The van der Waals surface area contributed by atoms with E-state index in [1.807, 2.05) is 25.1 Å². The molecule has 2 aromatic carbocycles. The normalized spacial score (nSPS) is 10.0. The zero-order valence-corrected chi connectivity index (χ0v) is 13.4.